The summed E-state index contributed by atoms with van der Waals surface area (Å²) in [6, 6.07) is 24.4. The largest absolute Gasteiger partial charge is 0.318 e. The average Bonchev–Trinajstić information content (AvgIpc) is 3.16. The normalized spacial score (nSPS) is 11.5. The summed E-state index contributed by atoms with van der Waals surface area (Å²) in [6.45, 7) is 3.36. The molecule has 0 radical (unpaired) electrons. The number of anilines is 1. The number of hydrazone groups is 1. The third kappa shape index (κ3) is 5.36. The first-order chi connectivity index (χ1) is 17.3. The summed E-state index contributed by atoms with van der Waals surface area (Å²) in [5, 5.41) is 4.05. The van der Waals surface area contributed by atoms with Gasteiger partial charge >= 0.3 is 0 Å². The molecule has 1 heterocycles. The molecule has 1 N–H and O–H groups in total. The summed E-state index contributed by atoms with van der Waals surface area (Å²) in [5.74, 6) is -0.911. The van der Waals surface area contributed by atoms with Gasteiger partial charge in [-0.05, 0) is 68.4 Å². The number of halogens is 1. The van der Waals surface area contributed by atoms with Crippen LogP contribution in [0.15, 0.2) is 101 Å². The van der Waals surface area contributed by atoms with Crippen molar-refractivity contribution in [1.82, 2.24) is 9.99 Å². The number of hydrogen-bond acceptors (Lipinski definition) is 4. The maximum atomic E-state index is 13.3. The van der Waals surface area contributed by atoms with Crippen LogP contribution in [0.25, 0.3) is 5.69 Å². The molecule has 0 spiro atoms. The highest BCUT2D eigenvalue weighted by molar-refractivity contribution is 7.92. The van der Waals surface area contributed by atoms with Crippen molar-refractivity contribution in [2.24, 2.45) is 5.10 Å². The molecule has 1 amide bonds. The molecule has 0 fully saturated rings. The van der Waals surface area contributed by atoms with E-state index in [4.69, 9.17) is 0 Å². The second-order valence-electron chi connectivity index (χ2n) is 8.09. The first-order valence-electron chi connectivity index (χ1n) is 11.2. The number of amides is 1. The Morgan fingerprint density at radius 1 is 0.972 bits per heavy atom. The third-order valence-electron chi connectivity index (χ3n) is 5.61. The summed E-state index contributed by atoms with van der Waals surface area (Å²) in [5.41, 5.74) is 6.12. The second-order valence-corrected chi connectivity index (χ2v) is 9.95. The van der Waals surface area contributed by atoms with Gasteiger partial charge in [-0.1, -0.05) is 36.4 Å². The molecular formula is C27H25FN4O3S. The van der Waals surface area contributed by atoms with Crippen LogP contribution >= 0.6 is 0 Å². The number of carbonyl (C=O) groups excluding carboxylic acids is 1. The molecule has 3 aromatic carbocycles. The predicted molar refractivity (Wildman–Crippen MR) is 138 cm³/mol. The standard InChI is InChI=1S/C27H25FN4O3S/c1-20-17-22(21(2)32(20)25-15-13-23(28)14-16-25)18-29-30-27(33)19-31(24-9-5-3-6-10-24)36(34,35)26-11-7-4-8-12-26/h3-18H,19H2,1-2H3,(H,30,33)/b29-18+. The quantitative estimate of drug-likeness (QED) is 0.282. The molecule has 7 nitrogen and oxygen atoms in total. The van der Waals surface area contributed by atoms with Crippen molar-refractivity contribution in [3.8, 4) is 5.69 Å². The number of benzene rings is 3. The van der Waals surface area contributed by atoms with Crippen molar-refractivity contribution in [1.29, 1.82) is 0 Å². The van der Waals surface area contributed by atoms with Crippen molar-refractivity contribution in [2.75, 3.05) is 10.8 Å². The minimum Gasteiger partial charge on any atom is -0.318 e. The number of sulfonamides is 1. The van der Waals surface area contributed by atoms with E-state index < -0.39 is 22.5 Å². The van der Waals surface area contributed by atoms with E-state index in [0.717, 1.165) is 26.9 Å². The van der Waals surface area contributed by atoms with Gasteiger partial charge < -0.3 is 4.57 Å². The number of carbonyl (C=O) groups is 1. The predicted octanol–water partition coefficient (Wildman–Crippen LogP) is 4.58. The van der Waals surface area contributed by atoms with Gasteiger partial charge in [0, 0.05) is 22.6 Å². The van der Waals surface area contributed by atoms with Gasteiger partial charge in [0.2, 0.25) is 0 Å². The van der Waals surface area contributed by atoms with Gasteiger partial charge in [0.25, 0.3) is 15.9 Å². The molecule has 9 heteroatoms. The van der Waals surface area contributed by atoms with Crippen LogP contribution in [-0.2, 0) is 14.8 Å². The van der Waals surface area contributed by atoms with Crippen LogP contribution < -0.4 is 9.73 Å². The van der Waals surface area contributed by atoms with Crippen LogP contribution in [0.5, 0.6) is 0 Å². The SMILES string of the molecule is Cc1cc(/C=N/NC(=O)CN(c2ccccc2)S(=O)(=O)c2ccccc2)c(C)n1-c1ccc(F)cc1. The molecular weight excluding hydrogens is 479 g/mol. The van der Waals surface area contributed by atoms with Crippen LogP contribution in [0, 0.1) is 19.7 Å². The Hall–Kier alpha value is -4.24. The van der Waals surface area contributed by atoms with Crippen LogP contribution in [-0.4, -0.2) is 31.7 Å². The molecule has 0 atom stereocenters. The number of para-hydroxylation sites is 1. The van der Waals surface area contributed by atoms with Crippen molar-refractivity contribution in [3.63, 3.8) is 0 Å². The molecule has 0 aliphatic carbocycles. The maximum absolute atomic E-state index is 13.3. The summed E-state index contributed by atoms with van der Waals surface area (Å²) in [7, 11) is -3.98. The Labute approximate surface area is 209 Å². The smallest absolute Gasteiger partial charge is 0.264 e. The van der Waals surface area contributed by atoms with Crippen molar-refractivity contribution < 1.29 is 17.6 Å². The van der Waals surface area contributed by atoms with E-state index in [1.54, 1.807) is 60.7 Å². The molecule has 0 aliphatic rings. The van der Waals surface area contributed by atoms with E-state index in [1.807, 2.05) is 24.5 Å². The first kappa shape index (κ1) is 24.9. The van der Waals surface area contributed by atoms with E-state index in [1.165, 1.54) is 30.5 Å². The van der Waals surface area contributed by atoms with Crippen molar-refractivity contribution >= 4 is 27.8 Å². The lowest BCUT2D eigenvalue weighted by molar-refractivity contribution is -0.119. The number of nitrogens with zero attached hydrogens (tertiary/aromatic N) is 3. The number of aromatic nitrogens is 1. The van der Waals surface area contributed by atoms with Gasteiger partial charge in [-0.3, -0.25) is 9.10 Å². The fourth-order valence-corrected chi connectivity index (χ4v) is 5.32. The van der Waals surface area contributed by atoms with E-state index in [9.17, 15) is 17.6 Å². The molecule has 4 aromatic rings. The van der Waals surface area contributed by atoms with Gasteiger partial charge in [0.15, 0.2) is 0 Å². The Kier molecular flexibility index (Phi) is 7.30. The van der Waals surface area contributed by atoms with E-state index in [0.29, 0.717) is 5.69 Å². The maximum Gasteiger partial charge on any atom is 0.264 e. The van der Waals surface area contributed by atoms with E-state index in [2.05, 4.69) is 10.5 Å². The van der Waals surface area contributed by atoms with Gasteiger partial charge in [0.05, 0.1) is 16.8 Å². The minimum absolute atomic E-state index is 0.0818. The Bertz CT molecular complexity index is 1480. The topological polar surface area (TPSA) is 83.8 Å². The second kappa shape index (κ2) is 10.6. The monoisotopic (exact) mass is 504 g/mol. The van der Waals surface area contributed by atoms with Crippen molar-refractivity contribution in [2.45, 2.75) is 18.7 Å². The molecule has 0 aliphatic heterocycles. The van der Waals surface area contributed by atoms with E-state index in [-0.39, 0.29) is 10.7 Å². The Morgan fingerprint density at radius 3 is 2.22 bits per heavy atom. The van der Waals surface area contributed by atoms with Crippen LogP contribution in [0.2, 0.25) is 0 Å². The van der Waals surface area contributed by atoms with Gasteiger partial charge in [-0.2, -0.15) is 5.10 Å². The fourth-order valence-electron chi connectivity index (χ4n) is 3.87. The molecule has 36 heavy (non-hydrogen) atoms. The highest BCUT2D eigenvalue weighted by Crippen LogP contribution is 2.23. The average molecular weight is 505 g/mol. The highest BCUT2D eigenvalue weighted by Gasteiger charge is 2.26. The van der Waals surface area contributed by atoms with Gasteiger partial charge in [0.1, 0.15) is 12.4 Å². The number of aryl methyl sites for hydroxylation is 1. The fraction of sp³-hybridized carbons (Fsp3) is 0.111. The molecule has 0 unspecified atom stereocenters. The van der Waals surface area contributed by atoms with Gasteiger partial charge in [-0.25, -0.2) is 18.2 Å². The number of rotatable bonds is 8. The molecule has 0 saturated heterocycles. The lowest BCUT2D eigenvalue weighted by Gasteiger charge is -2.23. The zero-order valence-corrected chi connectivity index (χ0v) is 20.6. The third-order valence-corrected chi connectivity index (χ3v) is 7.40. The lowest BCUT2D eigenvalue weighted by atomic mass is 10.2. The summed E-state index contributed by atoms with van der Waals surface area (Å²) in [6.07, 6.45) is 1.50. The molecule has 4 rings (SSSR count). The summed E-state index contributed by atoms with van der Waals surface area (Å²) >= 11 is 0. The lowest BCUT2D eigenvalue weighted by Crippen LogP contribution is -2.39. The minimum atomic E-state index is -3.98. The Balaban J connectivity index is 1.52. The molecule has 184 valence electrons. The van der Waals surface area contributed by atoms with E-state index >= 15 is 0 Å². The van der Waals surface area contributed by atoms with Crippen LogP contribution in [0.1, 0.15) is 17.0 Å². The number of hydrogen-bond donors (Lipinski definition) is 1. The van der Waals surface area contributed by atoms with Crippen LogP contribution in [0.4, 0.5) is 10.1 Å². The summed E-state index contributed by atoms with van der Waals surface area (Å²) in [4.78, 5) is 12.8. The Morgan fingerprint density at radius 2 is 1.58 bits per heavy atom. The summed E-state index contributed by atoms with van der Waals surface area (Å²) < 4.78 is 42.9. The van der Waals surface area contributed by atoms with Gasteiger partial charge in [-0.15, -0.1) is 0 Å². The number of nitrogens with one attached hydrogen (secondary N) is 1. The van der Waals surface area contributed by atoms with Crippen LogP contribution in [0.3, 0.4) is 0 Å². The zero-order chi connectivity index (χ0) is 25.7. The van der Waals surface area contributed by atoms with Crippen molar-refractivity contribution in [3.05, 3.63) is 114 Å². The molecule has 1 aromatic heterocycles. The molecule has 0 saturated carbocycles. The highest BCUT2D eigenvalue weighted by atomic mass is 32.2. The molecule has 0 bridgehead atoms. The first-order valence-corrected chi connectivity index (χ1v) is 12.6. The zero-order valence-electron chi connectivity index (χ0n) is 19.8.